The van der Waals surface area contributed by atoms with Gasteiger partial charge in [-0.15, -0.1) is 0 Å². The maximum absolute atomic E-state index is 10.1. The Kier molecular flexibility index (Phi) is 3.39. The molecule has 0 aromatic heterocycles. The Bertz CT molecular complexity index is 528. The van der Waals surface area contributed by atoms with Gasteiger partial charge in [0, 0.05) is 37.3 Å². The topological polar surface area (TPSA) is 45.2 Å². The van der Waals surface area contributed by atoms with Gasteiger partial charge in [0.1, 0.15) is 5.75 Å². The molecule has 0 aliphatic carbocycles. The van der Waals surface area contributed by atoms with Crippen LogP contribution < -0.4 is 9.47 Å². The summed E-state index contributed by atoms with van der Waals surface area (Å²) in [6.45, 7) is 5.76. The molecule has 1 aromatic carbocycles. The molecule has 0 saturated carbocycles. The van der Waals surface area contributed by atoms with Gasteiger partial charge in [-0.25, -0.2) is 0 Å². The SMILES string of the molecule is Oc1cc2c(cc1CN1CCC(N3CCCC3)C1)OCO2. The molecule has 1 atom stereocenters. The predicted octanol–water partition coefficient (Wildman–Crippen LogP) is 1.79. The number of phenols is 1. The van der Waals surface area contributed by atoms with Crippen LogP contribution >= 0.6 is 0 Å². The number of nitrogens with zero attached hydrogens (tertiary/aromatic N) is 2. The van der Waals surface area contributed by atoms with Gasteiger partial charge >= 0.3 is 0 Å². The lowest BCUT2D eigenvalue weighted by Gasteiger charge is -2.23. The summed E-state index contributed by atoms with van der Waals surface area (Å²) in [5.74, 6) is 1.70. The number of phenolic OH excluding ortho intramolecular Hbond substituents is 1. The number of aromatic hydroxyl groups is 1. The Hall–Kier alpha value is -1.46. The highest BCUT2D eigenvalue weighted by Crippen LogP contribution is 2.38. The van der Waals surface area contributed by atoms with Crippen LogP contribution in [0.25, 0.3) is 0 Å². The van der Waals surface area contributed by atoms with E-state index in [1.54, 1.807) is 6.07 Å². The van der Waals surface area contributed by atoms with Crippen molar-refractivity contribution in [2.45, 2.75) is 31.8 Å². The van der Waals surface area contributed by atoms with Gasteiger partial charge in [-0.05, 0) is 38.4 Å². The minimum atomic E-state index is 0.249. The standard InChI is InChI=1S/C16H22N2O3/c19-14-8-16-15(20-11-21-16)7-12(14)9-17-6-3-13(10-17)18-4-1-2-5-18/h7-8,13,19H,1-6,9-11H2. The maximum Gasteiger partial charge on any atom is 0.231 e. The summed E-state index contributed by atoms with van der Waals surface area (Å²) >= 11 is 0. The zero-order chi connectivity index (χ0) is 14.2. The van der Waals surface area contributed by atoms with Crippen LogP contribution in [0.3, 0.4) is 0 Å². The molecule has 1 unspecified atom stereocenters. The first kappa shape index (κ1) is 13.2. The summed E-state index contributed by atoms with van der Waals surface area (Å²) in [7, 11) is 0. The fraction of sp³-hybridized carbons (Fsp3) is 0.625. The van der Waals surface area contributed by atoms with Gasteiger partial charge < -0.3 is 14.6 Å². The molecule has 5 heteroatoms. The Morgan fingerprint density at radius 3 is 2.67 bits per heavy atom. The van der Waals surface area contributed by atoms with Gasteiger partial charge in [0.05, 0.1) is 0 Å². The lowest BCUT2D eigenvalue weighted by Crippen LogP contribution is -2.35. The number of likely N-dealkylation sites (tertiary alicyclic amines) is 2. The number of rotatable bonds is 3. The molecule has 0 radical (unpaired) electrons. The molecular weight excluding hydrogens is 268 g/mol. The van der Waals surface area contributed by atoms with Crippen molar-refractivity contribution in [3.63, 3.8) is 0 Å². The van der Waals surface area contributed by atoms with Crippen LogP contribution in [-0.4, -0.2) is 53.9 Å². The van der Waals surface area contributed by atoms with E-state index < -0.39 is 0 Å². The Labute approximate surface area is 125 Å². The Morgan fingerprint density at radius 2 is 1.86 bits per heavy atom. The summed E-state index contributed by atoms with van der Waals surface area (Å²) in [4.78, 5) is 5.06. The van der Waals surface area contributed by atoms with Crippen molar-refractivity contribution < 1.29 is 14.6 Å². The van der Waals surface area contributed by atoms with E-state index in [0.717, 1.165) is 30.9 Å². The third-order valence-corrected chi connectivity index (χ3v) is 4.87. The van der Waals surface area contributed by atoms with Crippen LogP contribution in [0.15, 0.2) is 12.1 Å². The van der Waals surface area contributed by atoms with Crippen molar-refractivity contribution in [3.05, 3.63) is 17.7 Å². The fourth-order valence-corrected chi connectivity index (χ4v) is 3.70. The molecule has 5 nitrogen and oxygen atoms in total. The second-order valence-electron chi connectivity index (χ2n) is 6.25. The molecule has 0 bridgehead atoms. The zero-order valence-corrected chi connectivity index (χ0v) is 12.3. The van der Waals surface area contributed by atoms with Crippen molar-refractivity contribution >= 4 is 0 Å². The monoisotopic (exact) mass is 290 g/mol. The molecule has 0 amide bonds. The number of hydrogen-bond donors (Lipinski definition) is 1. The smallest absolute Gasteiger partial charge is 0.231 e. The van der Waals surface area contributed by atoms with Crippen molar-refractivity contribution in [2.75, 3.05) is 33.0 Å². The molecule has 2 fully saturated rings. The van der Waals surface area contributed by atoms with Crippen LogP contribution in [0.5, 0.6) is 17.2 Å². The Morgan fingerprint density at radius 1 is 1.10 bits per heavy atom. The molecule has 2 saturated heterocycles. The summed E-state index contributed by atoms with van der Waals surface area (Å²) in [5, 5.41) is 10.1. The molecule has 0 spiro atoms. The average Bonchev–Trinajstić information content (AvgIpc) is 3.18. The van der Waals surface area contributed by atoms with Crippen molar-refractivity contribution in [3.8, 4) is 17.2 Å². The molecule has 1 aromatic rings. The minimum Gasteiger partial charge on any atom is -0.507 e. The number of hydrogen-bond acceptors (Lipinski definition) is 5. The number of fused-ring (bicyclic) bond motifs is 1. The minimum absolute atomic E-state index is 0.249. The van der Waals surface area contributed by atoms with Crippen LogP contribution in [0.1, 0.15) is 24.8 Å². The zero-order valence-electron chi connectivity index (χ0n) is 12.3. The predicted molar refractivity (Wildman–Crippen MR) is 78.7 cm³/mol. The van der Waals surface area contributed by atoms with Crippen LogP contribution in [-0.2, 0) is 6.54 Å². The second-order valence-corrected chi connectivity index (χ2v) is 6.25. The molecule has 1 N–H and O–H groups in total. The van der Waals surface area contributed by atoms with Gasteiger partial charge in [-0.2, -0.15) is 0 Å². The molecule has 3 aliphatic rings. The van der Waals surface area contributed by atoms with Crippen LogP contribution in [0.4, 0.5) is 0 Å². The van der Waals surface area contributed by atoms with Gasteiger partial charge in [-0.3, -0.25) is 9.80 Å². The van der Waals surface area contributed by atoms with E-state index in [0.29, 0.717) is 17.5 Å². The fourth-order valence-electron chi connectivity index (χ4n) is 3.70. The normalized spacial score (nSPS) is 25.8. The van der Waals surface area contributed by atoms with Crippen molar-refractivity contribution in [2.24, 2.45) is 0 Å². The highest BCUT2D eigenvalue weighted by molar-refractivity contribution is 5.51. The van der Waals surface area contributed by atoms with Crippen LogP contribution in [0.2, 0.25) is 0 Å². The molecule has 114 valence electrons. The van der Waals surface area contributed by atoms with Crippen molar-refractivity contribution in [1.82, 2.24) is 9.80 Å². The van der Waals surface area contributed by atoms with E-state index in [1.165, 1.54) is 32.4 Å². The molecule has 4 rings (SSSR count). The van der Waals surface area contributed by atoms with E-state index in [-0.39, 0.29) is 6.79 Å². The van der Waals surface area contributed by atoms with Crippen LogP contribution in [0, 0.1) is 0 Å². The highest BCUT2D eigenvalue weighted by Gasteiger charge is 2.29. The average molecular weight is 290 g/mol. The first-order chi connectivity index (χ1) is 10.3. The summed E-state index contributed by atoms with van der Waals surface area (Å²) < 4.78 is 10.7. The first-order valence-electron chi connectivity index (χ1n) is 7.87. The van der Waals surface area contributed by atoms with Crippen molar-refractivity contribution in [1.29, 1.82) is 0 Å². The lowest BCUT2D eigenvalue weighted by atomic mass is 10.1. The van der Waals surface area contributed by atoms with E-state index in [1.807, 2.05) is 6.07 Å². The quantitative estimate of drug-likeness (QED) is 0.919. The Balaban J connectivity index is 1.42. The highest BCUT2D eigenvalue weighted by atomic mass is 16.7. The molecule has 3 heterocycles. The van der Waals surface area contributed by atoms with Gasteiger partial charge in [-0.1, -0.05) is 0 Å². The molecular formula is C16H22N2O3. The van der Waals surface area contributed by atoms with Gasteiger partial charge in [0.2, 0.25) is 6.79 Å². The van der Waals surface area contributed by atoms with E-state index >= 15 is 0 Å². The summed E-state index contributed by atoms with van der Waals surface area (Å²) in [6.07, 6.45) is 3.93. The lowest BCUT2D eigenvalue weighted by molar-refractivity contribution is 0.174. The largest absolute Gasteiger partial charge is 0.507 e. The second kappa shape index (κ2) is 5.39. The number of benzene rings is 1. The van der Waals surface area contributed by atoms with E-state index in [2.05, 4.69) is 9.80 Å². The summed E-state index contributed by atoms with van der Waals surface area (Å²) in [6, 6.07) is 4.29. The molecule has 3 aliphatic heterocycles. The molecule has 21 heavy (non-hydrogen) atoms. The van der Waals surface area contributed by atoms with Gasteiger partial charge in [0.25, 0.3) is 0 Å². The van der Waals surface area contributed by atoms with E-state index in [9.17, 15) is 5.11 Å². The third kappa shape index (κ3) is 2.56. The third-order valence-electron chi connectivity index (χ3n) is 4.87. The first-order valence-corrected chi connectivity index (χ1v) is 7.87. The maximum atomic E-state index is 10.1. The number of ether oxygens (including phenoxy) is 2. The summed E-state index contributed by atoms with van der Waals surface area (Å²) in [5.41, 5.74) is 0.932. The van der Waals surface area contributed by atoms with E-state index in [4.69, 9.17) is 9.47 Å². The van der Waals surface area contributed by atoms with Gasteiger partial charge in [0.15, 0.2) is 11.5 Å².